The summed E-state index contributed by atoms with van der Waals surface area (Å²) < 4.78 is 0. The normalized spacial score (nSPS) is 11.1. The molecule has 2 N–H and O–H groups in total. The Morgan fingerprint density at radius 1 is 0.800 bits per heavy atom. The van der Waals surface area contributed by atoms with Crippen molar-refractivity contribution in [2.24, 2.45) is 0 Å². The van der Waals surface area contributed by atoms with Crippen molar-refractivity contribution in [1.29, 1.82) is 0 Å². The highest BCUT2D eigenvalue weighted by Crippen LogP contribution is 2.08. The van der Waals surface area contributed by atoms with Crippen LogP contribution in [0.25, 0.3) is 0 Å². The summed E-state index contributed by atoms with van der Waals surface area (Å²) in [7, 11) is 0. The zero-order valence-corrected chi connectivity index (χ0v) is 12.4. The molecule has 20 heavy (non-hydrogen) atoms. The van der Waals surface area contributed by atoms with Gasteiger partial charge in [-0.1, -0.05) is 37.8 Å². The van der Waals surface area contributed by atoms with E-state index >= 15 is 0 Å². The van der Waals surface area contributed by atoms with E-state index in [1.54, 1.807) is 0 Å². The van der Waals surface area contributed by atoms with E-state index in [4.69, 9.17) is 10.2 Å². The third kappa shape index (κ3) is 14.9. The van der Waals surface area contributed by atoms with Gasteiger partial charge in [0.05, 0.1) is 0 Å². The van der Waals surface area contributed by atoms with Crippen LogP contribution in [0.1, 0.15) is 70.6 Å². The van der Waals surface area contributed by atoms with Gasteiger partial charge in [0.25, 0.3) is 0 Å². The first-order valence-corrected chi connectivity index (χ1v) is 7.66. The number of carboxylic acid groups (broad SMARTS) is 1. The molecular formula is C16H28O4. The van der Waals surface area contributed by atoms with Crippen LogP contribution in [0.2, 0.25) is 0 Å². The number of hydrogen-bond acceptors (Lipinski definition) is 3. The number of aliphatic hydroxyl groups excluding tert-OH is 1. The van der Waals surface area contributed by atoms with Gasteiger partial charge >= 0.3 is 5.97 Å². The Morgan fingerprint density at radius 2 is 1.45 bits per heavy atom. The number of rotatable bonds is 14. The van der Waals surface area contributed by atoms with E-state index in [2.05, 4.69) is 0 Å². The van der Waals surface area contributed by atoms with Gasteiger partial charge in [-0.25, -0.2) is 0 Å². The average Bonchev–Trinajstić information content (AvgIpc) is 2.40. The largest absolute Gasteiger partial charge is 0.481 e. The lowest BCUT2D eigenvalue weighted by molar-refractivity contribution is -0.137. The topological polar surface area (TPSA) is 74.6 Å². The van der Waals surface area contributed by atoms with Gasteiger partial charge in [0.15, 0.2) is 0 Å². The van der Waals surface area contributed by atoms with Crippen molar-refractivity contribution in [1.82, 2.24) is 0 Å². The van der Waals surface area contributed by atoms with Crippen molar-refractivity contribution in [3.63, 3.8) is 0 Å². The van der Waals surface area contributed by atoms with Gasteiger partial charge in [-0.05, 0) is 25.7 Å². The predicted octanol–water partition coefficient (Wildman–Crippen LogP) is 3.48. The zero-order valence-electron chi connectivity index (χ0n) is 12.4. The van der Waals surface area contributed by atoms with E-state index in [1.165, 1.54) is 19.3 Å². The van der Waals surface area contributed by atoms with Crippen LogP contribution in [-0.2, 0) is 9.59 Å². The number of ketones is 1. The number of Topliss-reactive ketones (excluding diaryl/α,β-unsaturated/α-hetero) is 1. The van der Waals surface area contributed by atoms with Crippen molar-refractivity contribution in [3.8, 4) is 0 Å². The summed E-state index contributed by atoms with van der Waals surface area (Å²) in [6.07, 6.45) is 13.0. The van der Waals surface area contributed by atoms with Crippen molar-refractivity contribution in [3.05, 3.63) is 12.2 Å². The Bertz CT molecular complexity index is 284. The summed E-state index contributed by atoms with van der Waals surface area (Å²) in [6.45, 7) is 0.295. The standard InChI is InChI=1S/C16H28O4/c17-14-9-7-5-3-1-2-4-6-8-11-15(18)12-10-13-16(19)20/h6,8,17H,1-5,7,9-14H2,(H,19,20)/b8-6+. The Hall–Kier alpha value is -1.16. The predicted molar refractivity (Wildman–Crippen MR) is 79.7 cm³/mol. The van der Waals surface area contributed by atoms with Crippen LogP contribution in [-0.4, -0.2) is 28.6 Å². The van der Waals surface area contributed by atoms with Gasteiger partial charge in [0, 0.05) is 25.9 Å². The number of carboxylic acids is 1. The second-order valence-corrected chi connectivity index (χ2v) is 5.10. The van der Waals surface area contributed by atoms with Crippen LogP contribution in [0.5, 0.6) is 0 Å². The molecule has 0 spiro atoms. The van der Waals surface area contributed by atoms with Gasteiger partial charge in [0.2, 0.25) is 0 Å². The van der Waals surface area contributed by atoms with E-state index in [-0.39, 0.29) is 12.2 Å². The Balaban J connectivity index is 3.30. The molecule has 0 saturated carbocycles. The molecule has 0 heterocycles. The number of carbonyl (C=O) groups excluding carboxylic acids is 1. The fourth-order valence-corrected chi connectivity index (χ4v) is 1.95. The summed E-state index contributed by atoms with van der Waals surface area (Å²) in [5, 5.41) is 17.1. The SMILES string of the molecule is O=C(O)CCCC(=O)C/C=C/CCCCCCCCO. The zero-order chi connectivity index (χ0) is 15.1. The number of aliphatic carboxylic acids is 1. The van der Waals surface area contributed by atoms with Crippen molar-refractivity contribution < 1.29 is 19.8 Å². The highest BCUT2D eigenvalue weighted by molar-refractivity contribution is 5.80. The first kappa shape index (κ1) is 18.8. The van der Waals surface area contributed by atoms with Crippen LogP contribution >= 0.6 is 0 Å². The highest BCUT2D eigenvalue weighted by Gasteiger charge is 2.01. The lowest BCUT2D eigenvalue weighted by Gasteiger charge is -1.99. The third-order valence-electron chi connectivity index (χ3n) is 3.14. The molecule has 0 radical (unpaired) electrons. The molecule has 0 unspecified atom stereocenters. The lowest BCUT2D eigenvalue weighted by Crippen LogP contribution is -1.99. The third-order valence-corrected chi connectivity index (χ3v) is 3.14. The van der Waals surface area contributed by atoms with Crippen molar-refractivity contribution >= 4 is 11.8 Å². The fraction of sp³-hybridized carbons (Fsp3) is 0.750. The molecule has 0 aromatic heterocycles. The van der Waals surface area contributed by atoms with Gasteiger partial charge in [-0.15, -0.1) is 0 Å². The molecule has 0 rings (SSSR count). The minimum atomic E-state index is -0.840. The van der Waals surface area contributed by atoms with E-state index in [0.717, 1.165) is 25.7 Å². The summed E-state index contributed by atoms with van der Waals surface area (Å²) in [5.41, 5.74) is 0. The molecule has 4 nitrogen and oxygen atoms in total. The molecule has 0 aliphatic carbocycles. The quantitative estimate of drug-likeness (QED) is 0.378. The van der Waals surface area contributed by atoms with Crippen LogP contribution in [0.3, 0.4) is 0 Å². The first-order valence-electron chi connectivity index (χ1n) is 7.66. The maximum absolute atomic E-state index is 11.4. The van der Waals surface area contributed by atoms with E-state index in [9.17, 15) is 9.59 Å². The molecule has 0 saturated heterocycles. The second-order valence-electron chi connectivity index (χ2n) is 5.10. The molecule has 0 aromatic carbocycles. The number of carbonyl (C=O) groups is 2. The van der Waals surface area contributed by atoms with Gasteiger partial charge < -0.3 is 10.2 Å². The molecule has 0 aromatic rings. The van der Waals surface area contributed by atoms with Crippen LogP contribution in [0, 0.1) is 0 Å². The Morgan fingerprint density at radius 3 is 2.10 bits per heavy atom. The molecular weight excluding hydrogens is 256 g/mol. The number of hydrogen-bond donors (Lipinski definition) is 2. The smallest absolute Gasteiger partial charge is 0.303 e. The van der Waals surface area contributed by atoms with Crippen molar-refractivity contribution in [2.75, 3.05) is 6.61 Å². The van der Waals surface area contributed by atoms with Crippen LogP contribution in [0.4, 0.5) is 0 Å². The molecule has 0 bridgehead atoms. The minimum absolute atomic E-state index is 0.0751. The molecule has 0 atom stereocenters. The number of allylic oxidation sites excluding steroid dienone is 2. The van der Waals surface area contributed by atoms with Crippen LogP contribution < -0.4 is 0 Å². The number of unbranched alkanes of at least 4 members (excludes halogenated alkanes) is 6. The molecule has 116 valence electrons. The number of aliphatic hydroxyl groups is 1. The van der Waals surface area contributed by atoms with Crippen LogP contribution in [0.15, 0.2) is 12.2 Å². The Kier molecular flexibility index (Phi) is 13.4. The highest BCUT2D eigenvalue weighted by atomic mass is 16.4. The van der Waals surface area contributed by atoms with E-state index in [1.807, 2.05) is 12.2 Å². The summed E-state index contributed by atoms with van der Waals surface area (Å²) in [4.78, 5) is 21.7. The van der Waals surface area contributed by atoms with Gasteiger partial charge in [-0.2, -0.15) is 0 Å². The first-order chi connectivity index (χ1) is 9.66. The monoisotopic (exact) mass is 284 g/mol. The summed E-state index contributed by atoms with van der Waals surface area (Å²) in [6, 6.07) is 0. The fourth-order valence-electron chi connectivity index (χ4n) is 1.95. The second kappa shape index (κ2) is 14.3. The van der Waals surface area contributed by atoms with Gasteiger partial charge in [0.1, 0.15) is 5.78 Å². The van der Waals surface area contributed by atoms with Gasteiger partial charge in [-0.3, -0.25) is 9.59 Å². The molecule has 0 aliphatic heterocycles. The lowest BCUT2D eigenvalue weighted by atomic mass is 10.1. The summed E-state index contributed by atoms with van der Waals surface area (Å²) in [5.74, 6) is -0.723. The minimum Gasteiger partial charge on any atom is -0.481 e. The average molecular weight is 284 g/mol. The summed E-state index contributed by atoms with van der Waals surface area (Å²) >= 11 is 0. The van der Waals surface area contributed by atoms with E-state index < -0.39 is 5.97 Å². The molecule has 0 fully saturated rings. The maximum atomic E-state index is 11.4. The van der Waals surface area contributed by atoms with E-state index in [0.29, 0.717) is 25.9 Å². The Labute approximate surface area is 121 Å². The molecule has 0 amide bonds. The molecule has 0 aliphatic rings. The van der Waals surface area contributed by atoms with Crippen molar-refractivity contribution in [2.45, 2.75) is 70.6 Å². The maximum Gasteiger partial charge on any atom is 0.303 e. The molecule has 4 heteroatoms.